The zero-order chi connectivity index (χ0) is 17.9. The van der Waals surface area contributed by atoms with Crippen LogP contribution in [0.4, 0.5) is 0 Å². The summed E-state index contributed by atoms with van der Waals surface area (Å²) in [6.07, 6.45) is 1.24. The van der Waals surface area contributed by atoms with Crippen molar-refractivity contribution in [3.05, 3.63) is 58.3 Å². The number of allylic oxidation sites excluding steroid dienone is 2. The molecule has 0 amide bonds. The summed E-state index contributed by atoms with van der Waals surface area (Å²) in [6.45, 7) is 1.29. The van der Waals surface area contributed by atoms with Crippen molar-refractivity contribution in [2.24, 2.45) is 17.1 Å². The number of hydrogen-bond donors (Lipinski definition) is 3. The zero-order valence-corrected chi connectivity index (χ0v) is 13.8. The summed E-state index contributed by atoms with van der Waals surface area (Å²) in [6, 6.07) is 9.18. The normalized spacial score (nSPS) is 23.6. The Morgan fingerprint density at radius 1 is 1.29 bits per heavy atom. The number of nitrogens with two attached hydrogens (primary N) is 1. The molecule has 0 aromatic heterocycles. The number of carboxylic acids is 2. The summed E-state index contributed by atoms with van der Waals surface area (Å²) >= 11 is 6.05. The monoisotopic (exact) mass is 351 g/mol. The summed E-state index contributed by atoms with van der Waals surface area (Å²) in [5.74, 6) is -3.41. The molecule has 1 aliphatic rings. The molecule has 6 nitrogen and oxygen atoms in total. The number of aliphatic carboxylic acids is 2. The van der Waals surface area contributed by atoms with Crippen molar-refractivity contribution in [2.75, 3.05) is 6.54 Å². The molecule has 1 aromatic carbocycles. The highest BCUT2D eigenvalue weighted by molar-refractivity contribution is 6.33. The van der Waals surface area contributed by atoms with Gasteiger partial charge < -0.3 is 20.7 Å². The standard InChI is InChI=1S/C17H18ClNO5/c1-10-14(15(20)21)12(18)7-13(17(10,9-19)16(22)23)24-8-11-5-3-2-4-6-11/h2-7,10H,8-9,19H2,1H3,(H,20,21)(H,22,23). The first-order chi connectivity index (χ1) is 11.3. The highest BCUT2D eigenvalue weighted by Crippen LogP contribution is 2.46. The van der Waals surface area contributed by atoms with Crippen molar-refractivity contribution in [1.82, 2.24) is 0 Å². The van der Waals surface area contributed by atoms with E-state index in [0.717, 1.165) is 5.56 Å². The maximum atomic E-state index is 12.0. The molecule has 7 heteroatoms. The van der Waals surface area contributed by atoms with E-state index in [4.69, 9.17) is 22.1 Å². The van der Waals surface area contributed by atoms with E-state index in [1.165, 1.54) is 13.0 Å². The molecular weight excluding hydrogens is 334 g/mol. The lowest BCUT2D eigenvalue weighted by Gasteiger charge is -2.38. The SMILES string of the molecule is CC1C(C(=O)O)=C(Cl)C=C(OCc2ccccc2)C1(CN)C(=O)O. The van der Waals surface area contributed by atoms with Crippen LogP contribution in [0, 0.1) is 11.3 Å². The van der Waals surface area contributed by atoms with Gasteiger partial charge in [0.1, 0.15) is 17.8 Å². The van der Waals surface area contributed by atoms with E-state index < -0.39 is 23.3 Å². The highest BCUT2D eigenvalue weighted by atomic mass is 35.5. The summed E-state index contributed by atoms with van der Waals surface area (Å²) in [5, 5.41) is 19.0. The van der Waals surface area contributed by atoms with Crippen LogP contribution in [0.5, 0.6) is 0 Å². The summed E-state index contributed by atoms with van der Waals surface area (Å²) in [7, 11) is 0. The van der Waals surface area contributed by atoms with Crippen LogP contribution in [-0.2, 0) is 20.9 Å². The largest absolute Gasteiger partial charge is 0.492 e. The predicted octanol–water partition coefficient (Wildman–Crippen LogP) is 2.34. The Labute approximate surface area is 144 Å². The first-order valence-electron chi connectivity index (χ1n) is 7.30. The molecule has 0 spiro atoms. The minimum atomic E-state index is -1.68. The Bertz CT molecular complexity index is 713. The van der Waals surface area contributed by atoms with Gasteiger partial charge in [-0.1, -0.05) is 48.9 Å². The Kier molecular flexibility index (Phi) is 5.31. The van der Waals surface area contributed by atoms with Gasteiger partial charge in [-0.15, -0.1) is 0 Å². The lowest BCUT2D eigenvalue weighted by Crippen LogP contribution is -2.49. The van der Waals surface area contributed by atoms with Crippen LogP contribution < -0.4 is 5.73 Å². The molecule has 0 saturated carbocycles. The van der Waals surface area contributed by atoms with Crippen molar-refractivity contribution >= 4 is 23.5 Å². The van der Waals surface area contributed by atoms with Crippen molar-refractivity contribution < 1.29 is 24.5 Å². The van der Waals surface area contributed by atoms with E-state index in [0.29, 0.717) is 0 Å². The van der Waals surface area contributed by atoms with Gasteiger partial charge in [-0.05, 0) is 11.6 Å². The van der Waals surface area contributed by atoms with E-state index in [1.807, 2.05) is 30.3 Å². The molecule has 4 N–H and O–H groups in total. The molecule has 0 radical (unpaired) electrons. The molecule has 1 aliphatic carbocycles. The average molecular weight is 352 g/mol. The molecule has 2 rings (SSSR count). The number of hydrogen-bond acceptors (Lipinski definition) is 4. The second kappa shape index (κ2) is 7.07. The second-order valence-corrected chi connectivity index (χ2v) is 5.96. The third-order valence-electron chi connectivity index (χ3n) is 4.30. The van der Waals surface area contributed by atoms with Gasteiger partial charge in [-0.2, -0.15) is 0 Å². The van der Waals surface area contributed by atoms with E-state index >= 15 is 0 Å². The molecule has 0 saturated heterocycles. The summed E-state index contributed by atoms with van der Waals surface area (Å²) in [4.78, 5) is 23.4. The minimum absolute atomic E-state index is 0.0524. The van der Waals surface area contributed by atoms with Gasteiger partial charge in [0.25, 0.3) is 0 Å². The molecular formula is C17H18ClNO5. The van der Waals surface area contributed by atoms with Crippen LogP contribution in [-0.4, -0.2) is 28.7 Å². The Morgan fingerprint density at radius 3 is 2.42 bits per heavy atom. The third kappa shape index (κ3) is 3.02. The molecule has 2 atom stereocenters. The Balaban J connectivity index is 2.45. The highest BCUT2D eigenvalue weighted by Gasteiger charge is 2.53. The molecule has 1 aromatic rings. The molecule has 0 heterocycles. The van der Waals surface area contributed by atoms with Gasteiger partial charge in [0.15, 0.2) is 0 Å². The Morgan fingerprint density at radius 2 is 1.92 bits per heavy atom. The number of benzene rings is 1. The summed E-state index contributed by atoms with van der Waals surface area (Å²) < 4.78 is 5.69. The average Bonchev–Trinajstić information content (AvgIpc) is 2.53. The topological polar surface area (TPSA) is 110 Å². The molecule has 0 fully saturated rings. The lowest BCUT2D eigenvalue weighted by molar-refractivity contribution is -0.151. The van der Waals surface area contributed by atoms with E-state index in [-0.39, 0.29) is 29.5 Å². The lowest BCUT2D eigenvalue weighted by atomic mass is 9.68. The number of carbonyl (C=O) groups is 2. The van der Waals surface area contributed by atoms with E-state index in [2.05, 4.69) is 0 Å². The second-order valence-electron chi connectivity index (χ2n) is 5.55. The molecule has 2 unspecified atom stereocenters. The van der Waals surface area contributed by atoms with Crippen molar-refractivity contribution in [1.29, 1.82) is 0 Å². The van der Waals surface area contributed by atoms with Crippen LogP contribution in [0.3, 0.4) is 0 Å². The Hall–Kier alpha value is -2.31. The number of rotatable bonds is 6. The fourth-order valence-corrected chi connectivity index (χ4v) is 3.18. The molecule has 128 valence electrons. The van der Waals surface area contributed by atoms with Crippen molar-refractivity contribution in [2.45, 2.75) is 13.5 Å². The van der Waals surface area contributed by atoms with Crippen LogP contribution >= 0.6 is 11.6 Å². The first kappa shape index (κ1) is 18.0. The van der Waals surface area contributed by atoms with Gasteiger partial charge in [-0.3, -0.25) is 4.79 Å². The molecule has 0 aliphatic heterocycles. The maximum Gasteiger partial charge on any atom is 0.333 e. The maximum absolute atomic E-state index is 12.0. The number of carboxylic acid groups (broad SMARTS) is 2. The first-order valence-corrected chi connectivity index (χ1v) is 7.67. The van der Waals surface area contributed by atoms with Crippen LogP contribution in [0.2, 0.25) is 0 Å². The fourth-order valence-electron chi connectivity index (χ4n) is 2.84. The van der Waals surface area contributed by atoms with Gasteiger partial charge in [0.05, 0.1) is 10.6 Å². The van der Waals surface area contributed by atoms with E-state index in [9.17, 15) is 19.8 Å². The van der Waals surface area contributed by atoms with Crippen LogP contribution in [0.1, 0.15) is 12.5 Å². The molecule has 0 bridgehead atoms. The van der Waals surface area contributed by atoms with Crippen molar-refractivity contribution in [3.63, 3.8) is 0 Å². The minimum Gasteiger partial charge on any atom is -0.492 e. The quantitative estimate of drug-likeness (QED) is 0.725. The summed E-state index contributed by atoms with van der Waals surface area (Å²) in [5.41, 5.74) is 4.71. The zero-order valence-electron chi connectivity index (χ0n) is 13.0. The fraction of sp³-hybridized carbons (Fsp3) is 0.294. The third-order valence-corrected chi connectivity index (χ3v) is 4.61. The van der Waals surface area contributed by atoms with Crippen LogP contribution in [0.25, 0.3) is 0 Å². The van der Waals surface area contributed by atoms with Gasteiger partial charge in [0, 0.05) is 12.5 Å². The number of halogens is 1. The van der Waals surface area contributed by atoms with Gasteiger partial charge in [0.2, 0.25) is 0 Å². The van der Waals surface area contributed by atoms with E-state index in [1.54, 1.807) is 0 Å². The predicted molar refractivity (Wildman–Crippen MR) is 88.1 cm³/mol. The van der Waals surface area contributed by atoms with Crippen molar-refractivity contribution in [3.8, 4) is 0 Å². The van der Waals surface area contributed by atoms with Crippen LogP contribution in [0.15, 0.2) is 52.8 Å². The van der Waals surface area contributed by atoms with Gasteiger partial charge >= 0.3 is 11.9 Å². The smallest absolute Gasteiger partial charge is 0.333 e. The number of ether oxygens (including phenoxy) is 1. The molecule has 24 heavy (non-hydrogen) atoms. The van der Waals surface area contributed by atoms with Gasteiger partial charge in [-0.25, -0.2) is 4.79 Å².